The highest BCUT2D eigenvalue weighted by atomic mass is 79.9. The van der Waals surface area contributed by atoms with E-state index in [-0.39, 0.29) is 5.56 Å². The number of halogens is 1. The molecule has 0 spiro atoms. The third kappa shape index (κ3) is 3.18. The molecule has 0 fully saturated rings. The Morgan fingerprint density at radius 1 is 1.25 bits per heavy atom. The van der Waals surface area contributed by atoms with E-state index in [1.54, 1.807) is 18.2 Å². The first kappa shape index (κ1) is 16.6. The van der Waals surface area contributed by atoms with Crippen molar-refractivity contribution < 1.29 is 9.53 Å². The van der Waals surface area contributed by atoms with Crippen molar-refractivity contribution in [2.75, 3.05) is 7.11 Å². The SMILES string of the molecule is COC(=O)c1ccc2c(=O)n(Cc3ccc(Br)cc3)c(=S)[nH]c2c1. The van der Waals surface area contributed by atoms with E-state index in [0.29, 0.717) is 27.8 Å². The second-order valence-corrected chi connectivity index (χ2v) is 6.50. The number of aromatic amines is 1. The Bertz CT molecular complexity index is 1040. The number of rotatable bonds is 3. The maximum Gasteiger partial charge on any atom is 0.337 e. The van der Waals surface area contributed by atoms with Crippen LogP contribution in [0.5, 0.6) is 0 Å². The lowest BCUT2D eigenvalue weighted by molar-refractivity contribution is 0.0601. The van der Waals surface area contributed by atoms with Gasteiger partial charge in [0, 0.05) is 4.47 Å². The Morgan fingerprint density at radius 2 is 1.96 bits per heavy atom. The molecule has 0 aliphatic rings. The maximum absolute atomic E-state index is 12.7. The van der Waals surface area contributed by atoms with Crippen LogP contribution in [0.3, 0.4) is 0 Å². The largest absolute Gasteiger partial charge is 0.465 e. The average molecular weight is 405 g/mol. The van der Waals surface area contributed by atoms with Crippen LogP contribution in [0.1, 0.15) is 15.9 Å². The number of H-pyrrole nitrogens is 1. The number of carbonyl (C=O) groups excluding carboxylic acids is 1. The van der Waals surface area contributed by atoms with Gasteiger partial charge in [0.05, 0.1) is 30.1 Å². The topological polar surface area (TPSA) is 64.1 Å². The lowest BCUT2D eigenvalue weighted by atomic mass is 10.1. The van der Waals surface area contributed by atoms with E-state index < -0.39 is 5.97 Å². The fraction of sp³-hybridized carbons (Fsp3) is 0.118. The first-order valence-corrected chi connectivity index (χ1v) is 8.29. The molecule has 7 heteroatoms. The Kier molecular flexibility index (Phi) is 4.64. The minimum Gasteiger partial charge on any atom is -0.465 e. The molecule has 0 aliphatic heterocycles. The summed E-state index contributed by atoms with van der Waals surface area (Å²) in [6.45, 7) is 0.371. The molecule has 1 aromatic heterocycles. The predicted molar refractivity (Wildman–Crippen MR) is 98.0 cm³/mol. The smallest absolute Gasteiger partial charge is 0.337 e. The molecule has 24 heavy (non-hydrogen) atoms. The van der Waals surface area contributed by atoms with Crippen LogP contribution in [-0.2, 0) is 11.3 Å². The molecule has 0 amide bonds. The standard InChI is InChI=1S/C17H13BrN2O3S/c1-23-16(22)11-4-7-13-14(8-11)19-17(24)20(15(13)21)9-10-2-5-12(18)6-3-10/h2-8H,9H2,1H3,(H,19,24). The Morgan fingerprint density at radius 3 is 2.62 bits per heavy atom. The number of hydrogen-bond donors (Lipinski definition) is 1. The van der Waals surface area contributed by atoms with Crippen molar-refractivity contribution >= 4 is 45.0 Å². The zero-order chi connectivity index (χ0) is 17.3. The molecule has 0 saturated carbocycles. The molecule has 0 radical (unpaired) electrons. The molecule has 1 N–H and O–H groups in total. The number of nitrogens with zero attached hydrogens (tertiary/aromatic N) is 1. The van der Waals surface area contributed by atoms with Crippen molar-refractivity contribution in [1.29, 1.82) is 0 Å². The van der Waals surface area contributed by atoms with Crippen molar-refractivity contribution in [3.05, 3.63) is 73.2 Å². The van der Waals surface area contributed by atoms with Crippen LogP contribution in [-0.4, -0.2) is 22.6 Å². The summed E-state index contributed by atoms with van der Waals surface area (Å²) in [6, 6.07) is 12.4. The molecule has 3 aromatic rings. The molecule has 3 rings (SSSR count). The van der Waals surface area contributed by atoms with Crippen molar-refractivity contribution in [3.8, 4) is 0 Å². The van der Waals surface area contributed by atoms with Crippen molar-refractivity contribution in [3.63, 3.8) is 0 Å². The molecule has 1 heterocycles. The molecule has 122 valence electrons. The zero-order valence-corrected chi connectivity index (χ0v) is 15.1. The minimum absolute atomic E-state index is 0.201. The quantitative estimate of drug-likeness (QED) is 0.534. The van der Waals surface area contributed by atoms with Crippen LogP contribution in [0.25, 0.3) is 10.9 Å². The first-order valence-electron chi connectivity index (χ1n) is 7.09. The lowest BCUT2D eigenvalue weighted by Gasteiger charge is -2.09. The summed E-state index contributed by atoms with van der Waals surface area (Å²) >= 11 is 8.69. The van der Waals surface area contributed by atoms with Crippen LogP contribution in [0.15, 0.2) is 51.7 Å². The number of benzene rings is 2. The van der Waals surface area contributed by atoms with Gasteiger partial charge in [-0.05, 0) is 48.1 Å². The highest BCUT2D eigenvalue weighted by molar-refractivity contribution is 9.10. The van der Waals surface area contributed by atoms with E-state index in [0.717, 1.165) is 10.0 Å². The van der Waals surface area contributed by atoms with Crippen LogP contribution in [0.2, 0.25) is 0 Å². The summed E-state index contributed by atoms with van der Waals surface area (Å²) in [4.78, 5) is 27.3. The van der Waals surface area contributed by atoms with Gasteiger partial charge in [0.1, 0.15) is 0 Å². The van der Waals surface area contributed by atoms with Crippen molar-refractivity contribution in [1.82, 2.24) is 9.55 Å². The number of carbonyl (C=O) groups is 1. The van der Waals surface area contributed by atoms with Gasteiger partial charge in [-0.25, -0.2) is 4.79 Å². The zero-order valence-electron chi connectivity index (χ0n) is 12.7. The van der Waals surface area contributed by atoms with Crippen LogP contribution in [0, 0.1) is 4.77 Å². The summed E-state index contributed by atoms with van der Waals surface area (Å²) in [7, 11) is 1.31. The number of methoxy groups -OCH3 is 1. The van der Waals surface area contributed by atoms with E-state index in [1.807, 2.05) is 24.3 Å². The third-order valence-corrected chi connectivity index (χ3v) is 4.51. The van der Waals surface area contributed by atoms with Gasteiger partial charge in [-0.3, -0.25) is 9.36 Å². The minimum atomic E-state index is -0.463. The van der Waals surface area contributed by atoms with E-state index in [4.69, 9.17) is 17.0 Å². The summed E-state index contributed by atoms with van der Waals surface area (Å²) in [5, 5.41) is 0.466. The first-order chi connectivity index (χ1) is 11.5. The van der Waals surface area contributed by atoms with E-state index in [2.05, 4.69) is 20.9 Å². The predicted octanol–water partition coefficient (Wildman–Crippen LogP) is 3.66. The number of hydrogen-bond acceptors (Lipinski definition) is 4. The van der Waals surface area contributed by atoms with Gasteiger partial charge < -0.3 is 9.72 Å². The van der Waals surface area contributed by atoms with Crippen LogP contribution < -0.4 is 5.56 Å². The number of fused-ring (bicyclic) bond motifs is 1. The number of ether oxygens (including phenoxy) is 1. The van der Waals surface area contributed by atoms with E-state index in [1.165, 1.54) is 11.7 Å². The molecule has 5 nitrogen and oxygen atoms in total. The lowest BCUT2D eigenvalue weighted by Crippen LogP contribution is -2.23. The number of aromatic nitrogens is 2. The van der Waals surface area contributed by atoms with E-state index >= 15 is 0 Å². The van der Waals surface area contributed by atoms with Gasteiger partial charge in [-0.2, -0.15) is 0 Å². The second-order valence-electron chi connectivity index (χ2n) is 5.20. The normalized spacial score (nSPS) is 10.8. The molecular formula is C17H13BrN2O3S. The highest BCUT2D eigenvalue weighted by Crippen LogP contribution is 2.14. The molecule has 0 bridgehead atoms. The van der Waals surface area contributed by atoms with E-state index in [9.17, 15) is 9.59 Å². The fourth-order valence-electron chi connectivity index (χ4n) is 2.42. The summed E-state index contributed by atoms with van der Waals surface area (Å²) < 4.78 is 7.46. The average Bonchev–Trinajstić information content (AvgIpc) is 2.59. The Labute approximate surface area is 151 Å². The van der Waals surface area contributed by atoms with Gasteiger partial charge >= 0.3 is 5.97 Å². The second kappa shape index (κ2) is 6.70. The molecule has 2 aromatic carbocycles. The summed E-state index contributed by atoms with van der Waals surface area (Å²) in [5.74, 6) is -0.463. The molecule has 0 saturated heterocycles. The highest BCUT2D eigenvalue weighted by Gasteiger charge is 2.10. The van der Waals surface area contributed by atoms with Gasteiger partial charge in [-0.15, -0.1) is 0 Å². The summed E-state index contributed by atoms with van der Waals surface area (Å²) in [6.07, 6.45) is 0. The fourth-order valence-corrected chi connectivity index (χ4v) is 2.94. The Balaban J connectivity index is 2.10. The summed E-state index contributed by atoms with van der Waals surface area (Å²) in [5.41, 5.74) is 1.64. The van der Waals surface area contributed by atoms with Gasteiger partial charge in [0.25, 0.3) is 5.56 Å². The molecular weight excluding hydrogens is 392 g/mol. The van der Waals surface area contributed by atoms with Crippen molar-refractivity contribution in [2.45, 2.75) is 6.54 Å². The Hall–Kier alpha value is -2.25. The molecule has 0 atom stereocenters. The third-order valence-electron chi connectivity index (χ3n) is 3.66. The van der Waals surface area contributed by atoms with Crippen molar-refractivity contribution in [2.24, 2.45) is 0 Å². The number of esters is 1. The maximum atomic E-state index is 12.7. The molecule has 0 aliphatic carbocycles. The monoisotopic (exact) mass is 404 g/mol. The van der Waals surface area contributed by atoms with Crippen LogP contribution in [0.4, 0.5) is 0 Å². The van der Waals surface area contributed by atoms with Gasteiger partial charge in [0.15, 0.2) is 4.77 Å². The molecule has 0 unspecified atom stereocenters. The number of nitrogens with one attached hydrogen (secondary N) is 1. The van der Waals surface area contributed by atoms with Gasteiger partial charge in [0.2, 0.25) is 0 Å². The van der Waals surface area contributed by atoms with Crippen LogP contribution >= 0.6 is 28.1 Å². The van der Waals surface area contributed by atoms with Gasteiger partial charge in [-0.1, -0.05) is 28.1 Å².